The van der Waals surface area contributed by atoms with Crippen molar-refractivity contribution in [3.05, 3.63) is 23.5 Å². The number of amides is 1. The summed E-state index contributed by atoms with van der Waals surface area (Å²) >= 11 is 5.73. The summed E-state index contributed by atoms with van der Waals surface area (Å²) in [6, 6.07) is 3.36. The Labute approximate surface area is 86.9 Å². The summed E-state index contributed by atoms with van der Waals surface area (Å²) in [5, 5.41) is 11.4. The zero-order chi connectivity index (χ0) is 10.4. The fourth-order valence-corrected chi connectivity index (χ4v) is 1.10. The molecular weight excluding hydrogens is 204 g/mol. The maximum atomic E-state index is 11.2. The fourth-order valence-electron chi connectivity index (χ4n) is 0.932. The van der Waals surface area contributed by atoms with Crippen LogP contribution in [-0.4, -0.2) is 22.6 Å². The Bertz CT molecular complexity index is 317. The van der Waals surface area contributed by atoms with Crippen molar-refractivity contribution in [1.29, 1.82) is 0 Å². The van der Waals surface area contributed by atoms with Crippen molar-refractivity contribution < 1.29 is 9.90 Å². The van der Waals surface area contributed by atoms with Crippen LogP contribution < -0.4 is 5.32 Å². The van der Waals surface area contributed by atoms with Gasteiger partial charge in [-0.25, -0.2) is 4.98 Å². The van der Waals surface area contributed by atoms with Crippen molar-refractivity contribution in [2.24, 2.45) is 0 Å². The van der Waals surface area contributed by atoms with Crippen molar-refractivity contribution in [2.75, 3.05) is 11.9 Å². The van der Waals surface area contributed by atoms with Crippen molar-refractivity contribution >= 4 is 23.2 Å². The van der Waals surface area contributed by atoms with Crippen molar-refractivity contribution in [3.8, 4) is 0 Å². The first-order valence-electron chi connectivity index (χ1n) is 4.25. The molecule has 0 aliphatic heterocycles. The van der Waals surface area contributed by atoms with Gasteiger partial charge in [0.1, 0.15) is 0 Å². The number of nitrogens with one attached hydrogen (secondary N) is 1. The minimum atomic E-state index is -0.172. The molecule has 1 aromatic rings. The van der Waals surface area contributed by atoms with Crippen LogP contribution in [0.5, 0.6) is 0 Å². The van der Waals surface area contributed by atoms with Crippen molar-refractivity contribution in [3.63, 3.8) is 0 Å². The summed E-state index contributed by atoms with van der Waals surface area (Å²) in [7, 11) is 0. The maximum Gasteiger partial charge on any atom is 0.224 e. The number of carbonyl (C=O) groups is 1. The van der Waals surface area contributed by atoms with E-state index in [4.69, 9.17) is 16.7 Å². The highest BCUT2D eigenvalue weighted by molar-refractivity contribution is 6.32. The molecule has 0 unspecified atom stereocenters. The van der Waals surface area contributed by atoms with Gasteiger partial charge in [0.2, 0.25) is 5.91 Å². The second kappa shape index (κ2) is 5.57. The Morgan fingerprint density at radius 1 is 1.64 bits per heavy atom. The summed E-state index contributed by atoms with van der Waals surface area (Å²) in [4.78, 5) is 15.0. The van der Waals surface area contributed by atoms with Crippen LogP contribution in [0.3, 0.4) is 0 Å². The number of aromatic nitrogens is 1. The largest absolute Gasteiger partial charge is 0.396 e. The molecule has 0 fully saturated rings. The normalized spacial score (nSPS) is 9.86. The molecule has 14 heavy (non-hydrogen) atoms. The minimum Gasteiger partial charge on any atom is -0.396 e. The lowest BCUT2D eigenvalue weighted by Crippen LogP contribution is -2.12. The lowest BCUT2D eigenvalue weighted by Gasteiger charge is -2.04. The number of rotatable bonds is 4. The van der Waals surface area contributed by atoms with Crippen LogP contribution in [0.4, 0.5) is 5.69 Å². The Morgan fingerprint density at radius 2 is 2.43 bits per heavy atom. The molecule has 1 rings (SSSR count). The maximum absolute atomic E-state index is 11.2. The molecule has 0 saturated heterocycles. The van der Waals surface area contributed by atoms with E-state index in [1.54, 1.807) is 18.3 Å². The number of carbonyl (C=O) groups excluding carboxylic acids is 1. The predicted octanol–water partition coefficient (Wildman–Crippen LogP) is 1.45. The van der Waals surface area contributed by atoms with Crippen LogP contribution >= 0.6 is 11.6 Å². The van der Waals surface area contributed by atoms with E-state index in [2.05, 4.69) is 10.3 Å². The number of aliphatic hydroxyl groups is 1. The van der Waals surface area contributed by atoms with E-state index in [-0.39, 0.29) is 24.1 Å². The molecule has 0 atom stereocenters. The van der Waals surface area contributed by atoms with Gasteiger partial charge in [-0.2, -0.15) is 0 Å². The van der Waals surface area contributed by atoms with Crippen LogP contribution in [0.2, 0.25) is 5.15 Å². The highest BCUT2D eigenvalue weighted by Crippen LogP contribution is 2.17. The molecular formula is C9H11ClN2O2. The molecule has 5 heteroatoms. The first kappa shape index (κ1) is 10.9. The molecule has 0 saturated carbocycles. The van der Waals surface area contributed by atoms with Gasteiger partial charge in [-0.05, 0) is 18.6 Å². The standard InChI is InChI=1S/C9H11ClN2O2/c10-9-7(3-1-5-11-9)12-8(14)4-2-6-13/h1,3,5,13H,2,4,6H2,(H,12,14). The number of nitrogens with zero attached hydrogens (tertiary/aromatic N) is 1. The average molecular weight is 215 g/mol. The molecule has 0 spiro atoms. The number of halogens is 1. The third-order valence-electron chi connectivity index (χ3n) is 1.60. The Morgan fingerprint density at radius 3 is 3.07 bits per heavy atom. The summed E-state index contributed by atoms with van der Waals surface area (Å²) in [6.07, 6.45) is 2.27. The highest BCUT2D eigenvalue weighted by Gasteiger charge is 2.04. The van der Waals surface area contributed by atoms with Gasteiger partial charge in [-0.3, -0.25) is 4.79 Å². The predicted molar refractivity (Wildman–Crippen MR) is 54.2 cm³/mol. The van der Waals surface area contributed by atoms with Crippen LogP contribution in [0.25, 0.3) is 0 Å². The molecule has 1 amide bonds. The molecule has 1 aromatic heterocycles. The number of hydrogen-bond acceptors (Lipinski definition) is 3. The van der Waals surface area contributed by atoms with Gasteiger partial charge >= 0.3 is 0 Å². The van der Waals surface area contributed by atoms with E-state index in [1.165, 1.54) is 0 Å². The zero-order valence-corrected chi connectivity index (χ0v) is 8.29. The van der Waals surface area contributed by atoms with Gasteiger partial charge in [-0.1, -0.05) is 11.6 Å². The topological polar surface area (TPSA) is 62.2 Å². The monoisotopic (exact) mass is 214 g/mol. The van der Waals surface area contributed by atoms with Gasteiger partial charge in [0, 0.05) is 19.2 Å². The Balaban J connectivity index is 2.52. The van der Waals surface area contributed by atoms with Crippen LogP contribution in [0, 0.1) is 0 Å². The second-order valence-electron chi connectivity index (χ2n) is 2.72. The molecule has 0 aromatic carbocycles. The van der Waals surface area contributed by atoms with E-state index >= 15 is 0 Å². The lowest BCUT2D eigenvalue weighted by atomic mass is 10.3. The average Bonchev–Trinajstić information content (AvgIpc) is 2.18. The Hall–Kier alpha value is -1.13. The fraction of sp³-hybridized carbons (Fsp3) is 0.333. The molecule has 0 radical (unpaired) electrons. The third-order valence-corrected chi connectivity index (χ3v) is 1.90. The molecule has 2 N–H and O–H groups in total. The van der Waals surface area contributed by atoms with Gasteiger partial charge < -0.3 is 10.4 Å². The summed E-state index contributed by atoms with van der Waals surface area (Å²) < 4.78 is 0. The Kier molecular flexibility index (Phi) is 4.35. The van der Waals surface area contributed by atoms with E-state index < -0.39 is 0 Å². The molecule has 0 aliphatic carbocycles. The zero-order valence-electron chi connectivity index (χ0n) is 7.53. The number of aliphatic hydroxyl groups excluding tert-OH is 1. The van der Waals surface area contributed by atoms with E-state index in [0.29, 0.717) is 12.1 Å². The van der Waals surface area contributed by atoms with Crippen LogP contribution in [0.1, 0.15) is 12.8 Å². The van der Waals surface area contributed by atoms with Crippen LogP contribution in [0.15, 0.2) is 18.3 Å². The quantitative estimate of drug-likeness (QED) is 0.746. The lowest BCUT2D eigenvalue weighted by molar-refractivity contribution is -0.116. The van der Waals surface area contributed by atoms with E-state index in [0.717, 1.165) is 0 Å². The molecule has 76 valence electrons. The first-order chi connectivity index (χ1) is 6.74. The summed E-state index contributed by atoms with van der Waals surface area (Å²) in [5.74, 6) is -0.172. The third kappa shape index (κ3) is 3.32. The van der Waals surface area contributed by atoms with Crippen molar-refractivity contribution in [1.82, 2.24) is 4.98 Å². The summed E-state index contributed by atoms with van der Waals surface area (Å²) in [5.41, 5.74) is 0.497. The second-order valence-corrected chi connectivity index (χ2v) is 3.08. The summed E-state index contributed by atoms with van der Waals surface area (Å²) in [6.45, 7) is 0.00813. The van der Waals surface area contributed by atoms with Crippen molar-refractivity contribution in [2.45, 2.75) is 12.8 Å². The number of pyridine rings is 1. The SMILES string of the molecule is O=C(CCCO)Nc1cccnc1Cl. The molecule has 0 aliphatic rings. The smallest absolute Gasteiger partial charge is 0.224 e. The molecule has 1 heterocycles. The van der Waals surface area contributed by atoms with E-state index in [9.17, 15) is 4.79 Å². The highest BCUT2D eigenvalue weighted by atomic mass is 35.5. The first-order valence-corrected chi connectivity index (χ1v) is 4.63. The molecule has 4 nitrogen and oxygen atoms in total. The van der Waals surface area contributed by atoms with Gasteiger partial charge in [-0.15, -0.1) is 0 Å². The van der Waals surface area contributed by atoms with Crippen LogP contribution in [-0.2, 0) is 4.79 Å². The number of hydrogen-bond donors (Lipinski definition) is 2. The van der Waals surface area contributed by atoms with Gasteiger partial charge in [0.15, 0.2) is 5.15 Å². The van der Waals surface area contributed by atoms with E-state index in [1.807, 2.05) is 0 Å². The molecule has 0 bridgehead atoms. The van der Waals surface area contributed by atoms with Gasteiger partial charge in [0.25, 0.3) is 0 Å². The van der Waals surface area contributed by atoms with Gasteiger partial charge in [0.05, 0.1) is 5.69 Å². The number of anilines is 1. The minimum absolute atomic E-state index is 0.00813.